The van der Waals surface area contributed by atoms with E-state index in [9.17, 15) is 9.90 Å². The van der Waals surface area contributed by atoms with E-state index in [1.807, 2.05) is 26.0 Å². The van der Waals surface area contributed by atoms with E-state index in [1.165, 1.54) is 0 Å². The van der Waals surface area contributed by atoms with Gasteiger partial charge in [0.2, 0.25) is 0 Å². The standard InChI is InChI=1S/C15H15NO2/c1-8-3-6-11-12(15(17)18)7-13(10-4-5-10)16-14(11)9(8)2/h3,6-7,10H,4-5H2,1-2H3,(H,17,18). The van der Waals surface area contributed by atoms with Crippen LogP contribution in [0.15, 0.2) is 18.2 Å². The van der Waals surface area contributed by atoms with Gasteiger partial charge in [0.25, 0.3) is 0 Å². The molecule has 18 heavy (non-hydrogen) atoms. The van der Waals surface area contributed by atoms with Gasteiger partial charge in [-0.2, -0.15) is 0 Å². The molecule has 1 aromatic heterocycles. The number of aromatic carboxylic acids is 1. The first kappa shape index (κ1) is 11.2. The van der Waals surface area contributed by atoms with Crippen LogP contribution in [0.5, 0.6) is 0 Å². The van der Waals surface area contributed by atoms with E-state index in [2.05, 4.69) is 4.98 Å². The number of aryl methyl sites for hydroxylation is 2. The SMILES string of the molecule is Cc1ccc2c(C(=O)O)cc(C3CC3)nc2c1C. The molecule has 1 aliphatic carbocycles. The van der Waals surface area contributed by atoms with E-state index in [-0.39, 0.29) is 0 Å². The summed E-state index contributed by atoms with van der Waals surface area (Å²) in [5.74, 6) is -0.403. The molecule has 92 valence electrons. The highest BCUT2D eigenvalue weighted by molar-refractivity contribution is 6.03. The maximum Gasteiger partial charge on any atom is 0.336 e. The number of aromatic nitrogens is 1. The van der Waals surface area contributed by atoms with Crippen LogP contribution < -0.4 is 0 Å². The summed E-state index contributed by atoms with van der Waals surface area (Å²) in [6, 6.07) is 5.57. The smallest absolute Gasteiger partial charge is 0.336 e. The minimum atomic E-state index is -0.868. The second-order valence-electron chi connectivity index (χ2n) is 5.08. The molecular formula is C15H15NO2. The van der Waals surface area contributed by atoms with Crippen LogP contribution >= 0.6 is 0 Å². The van der Waals surface area contributed by atoms with Crippen molar-refractivity contribution in [2.24, 2.45) is 0 Å². The second kappa shape index (κ2) is 3.80. The number of benzene rings is 1. The minimum absolute atomic E-state index is 0.380. The van der Waals surface area contributed by atoms with Crippen LogP contribution in [-0.2, 0) is 0 Å². The fourth-order valence-corrected chi connectivity index (χ4v) is 2.31. The van der Waals surface area contributed by atoms with Gasteiger partial charge in [-0.25, -0.2) is 4.79 Å². The monoisotopic (exact) mass is 241 g/mol. The second-order valence-corrected chi connectivity index (χ2v) is 5.08. The Hall–Kier alpha value is -1.90. The summed E-state index contributed by atoms with van der Waals surface area (Å²) in [7, 11) is 0. The van der Waals surface area contributed by atoms with Crippen molar-refractivity contribution in [3.63, 3.8) is 0 Å². The molecule has 2 aromatic rings. The van der Waals surface area contributed by atoms with Gasteiger partial charge in [-0.05, 0) is 43.9 Å². The first-order valence-corrected chi connectivity index (χ1v) is 6.22. The van der Waals surface area contributed by atoms with Crippen LogP contribution in [0.1, 0.15) is 45.9 Å². The molecule has 3 rings (SSSR count). The van der Waals surface area contributed by atoms with Crippen molar-refractivity contribution >= 4 is 16.9 Å². The lowest BCUT2D eigenvalue weighted by atomic mass is 10.0. The van der Waals surface area contributed by atoms with E-state index in [0.717, 1.165) is 40.6 Å². The van der Waals surface area contributed by atoms with Gasteiger partial charge in [-0.15, -0.1) is 0 Å². The Bertz CT molecular complexity index is 657. The molecule has 0 spiro atoms. The largest absolute Gasteiger partial charge is 0.478 e. The number of carboxylic acids is 1. The number of carbonyl (C=O) groups is 1. The van der Waals surface area contributed by atoms with Gasteiger partial charge in [-0.3, -0.25) is 4.98 Å². The van der Waals surface area contributed by atoms with Crippen LogP contribution in [0.3, 0.4) is 0 Å². The van der Waals surface area contributed by atoms with E-state index in [4.69, 9.17) is 0 Å². The molecule has 3 nitrogen and oxygen atoms in total. The molecule has 1 aliphatic rings. The maximum atomic E-state index is 11.4. The predicted molar refractivity (Wildman–Crippen MR) is 70.2 cm³/mol. The van der Waals surface area contributed by atoms with Crippen LogP contribution in [0.4, 0.5) is 0 Å². The van der Waals surface area contributed by atoms with Crippen molar-refractivity contribution in [1.29, 1.82) is 0 Å². The van der Waals surface area contributed by atoms with Gasteiger partial charge in [-0.1, -0.05) is 12.1 Å². The van der Waals surface area contributed by atoms with Crippen LogP contribution in [-0.4, -0.2) is 16.1 Å². The Labute approximate surface area is 105 Å². The highest BCUT2D eigenvalue weighted by Gasteiger charge is 2.27. The fourth-order valence-electron chi connectivity index (χ4n) is 2.31. The third-order valence-electron chi connectivity index (χ3n) is 3.75. The zero-order chi connectivity index (χ0) is 12.9. The molecule has 0 saturated heterocycles. The Morgan fingerprint density at radius 1 is 1.33 bits per heavy atom. The first-order valence-electron chi connectivity index (χ1n) is 6.22. The summed E-state index contributed by atoms with van der Waals surface area (Å²) in [6.45, 7) is 4.04. The summed E-state index contributed by atoms with van der Waals surface area (Å²) in [6.07, 6.45) is 2.25. The molecule has 0 aliphatic heterocycles. The van der Waals surface area contributed by atoms with Crippen molar-refractivity contribution in [3.05, 3.63) is 40.6 Å². The van der Waals surface area contributed by atoms with Crippen LogP contribution in [0.25, 0.3) is 10.9 Å². The number of hydrogen-bond donors (Lipinski definition) is 1. The van der Waals surface area contributed by atoms with E-state index in [0.29, 0.717) is 11.5 Å². The van der Waals surface area contributed by atoms with Crippen molar-refractivity contribution < 1.29 is 9.90 Å². The highest BCUT2D eigenvalue weighted by atomic mass is 16.4. The molecule has 1 N–H and O–H groups in total. The lowest BCUT2D eigenvalue weighted by Crippen LogP contribution is -2.03. The molecule has 0 radical (unpaired) electrons. The van der Waals surface area contributed by atoms with Crippen LogP contribution in [0.2, 0.25) is 0 Å². The molecule has 0 atom stereocenters. The lowest BCUT2D eigenvalue weighted by molar-refractivity contribution is 0.0699. The van der Waals surface area contributed by atoms with Gasteiger partial charge in [0.05, 0.1) is 11.1 Å². The number of nitrogens with zero attached hydrogens (tertiary/aromatic N) is 1. The zero-order valence-electron chi connectivity index (χ0n) is 10.5. The molecular weight excluding hydrogens is 226 g/mol. The third-order valence-corrected chi connectivity index (χ3v) is 3.75. The Kier molecular flexibility index (Phi) is 2.37. The van der Waals surface area contributed by atoms with Crippen molar-refractivity contribution in [1.82, 2.24) is 4.98 Å². The molecule has 1 fully saturated rings. The average molecular weight is 241 g/mol. The van der Waals surface area contributed by atoms with Crippen molar-refractivity contribution in [2.75, 3.05) is 0 Å². The molecule has 0 amide bonds. The summed E-state index contributed by atoms with van der Waals surface area (Å²) < 4.78 is 0. The van der Waals surface area contributed by atoms with E-state index in [1.54, 1.807) is 6.07 Å². The number of rotatable bonds is 2. The number of fused-ring (bicyclic) bond motifs is 1. The summed E-state index contributed by atoms with van der Waals surface area (Å²) in [4.78, 5) is 16.1. The highest BCUT2D eigenvalue weighted by Crippen LogP contribution is 2.40. The van der Waals surface area contributed by atoms with Gasteiger partial charge in [0, 0.05) is 17.0 Å². The van der Waals surface area contributed by atoms with Crippen molar-refractivity contribution in [2.45, 2.75) is 32.6 Å². The van der Waals surface area contributed by atoms with E-state index < -0.39 is 5.97 Å². The van der Waals surface area contributed by atoms with Gasteiger partial charge in [0.15, 0.2) is 0 Å². The lowest BCUT2D eigenvalue weighted by Gasteiger charge is -2.10. The number of pyridine rings is 1. The Morgan fingerprint density at radius 2 is 2.06 bits per heavy atom. The third kappa shape index (κ3) is 1.67. The normalized spacial score (nSPS) is 15.0. The van der Waals surface area contributed by atoms with Crippen molar-refractivity contribution in [3.8, 4) is 0 Å². The summed E-state index contributed by atoms with van der Waals surface area (Å²) >= 11 is 0. The molecule has 1 heterocycles. The first-order chi connectivity index (χ1) is 8.58. The Morgan fingerprint density at radius 3 is 2.67 bits per heavy atom. The molecule has 0 bridgehead atoms. The number of carboxylic acid groups (broad SMARTS) is 1. The predicted octanol–water partition coefficient (Wildman–Crippen LogP) is 3.43. The topological polar surface area (TPSA) is 50.2 Å². The average Bonchev–Trinajstić information content (AvgIpc) is 3.17. The van der Waals surface area contributed by atoms with Crippen LogP contribution in [0, 0.1) is 13.8 Å². The molecule has 1 saturated carbocycles. The molecule has 1 aromatic carbocycles. The molecule has 0 unspecified atom stereocenters. The van der Waals surface area contributed by atoms with Gasteiger partial charge >= 0.3 is 5.97 Å². The fraction of sp³-hybridized carbons (Fsp3) is 0.333. The summed E-state index contributed by atoms with van der Waals surface area (Å²) in [5, 5.41) is 10.1. The van der Waals surface area contributed by atoms with Gasteiger partial charge in [0.1, 0.15) is 0 Å². The quantitative estimate of drug-likeness (QED) is 0.876. The molecule has 3 heteroatoms. The number of hydrogen-bond acceptors (Lipinski definition) is 2. The van der Waals surface area contributed by atoms with Gasteiger partial charge < -0.3 is 5.11 Å². The Balaban J connectivity index is 2.37. The minimum Gasteiger partial charge on any atom is -0.478 e. The maximum absolute atomic E-state index is 11.4. The van der Waals surface area contributed by atoms with E-state index >= 15 is 0 Å². The summed E-state index contributed by atoms with van der Waals surface area (Å²) in [5.41, 5.74) is 4.40. The zero-order valence-corrected chi connectivity index (χ0v) is 10.5.